The first kappa shape index (κ1) is 8.15. The van der Waals surface area contributed by atoms with Gasteiger partial charge in [0.15, 0.2) is 0 Å². The molecule has 3 heterocycles. The molecular formula is C9H10N2SSe. The van der Waals surface area contributed by atoms with Crippen LogP contribution in [0.3, 0.4) is 0 Å². The Balaban J connectivity index is 1.87. The van der Waals surface area contributed by atoms with Gasteiger partial charge in [0.2, 0.25) is 0 Å². The fourth-order valence-corrected chi connectivity index (χ4v) is 4.37. The zero-order valence-corrected chi connectivity index (χ0v) is 9.67. The summed E-state index contributed by atoms with van der Waals surface area (Å²) in [7, 11) is 0. The van der Waals surface area contributed by atoms with Crippen molar-refractivity contribution in [2.45, 2.75) is 6.04 Å². The molecule has 1 unspecified atom stereocenters. The summed E-state index contributed by atoms with van der Waals surface area (Å²) in [6, 6.07) is 4.91. The number of hydrogen-bond donors (Lipinski definition) is 0. The first-order valence-electron chi connectivity index (χ1n) is 4.42. The first-order chi connectivity index (χ1) is 6.43. The number of thioether (sulfide) groups is 1. The van der Waals surface area contributed by atoms with E-state index in [4.69, 9.17) is 4.99 Å². The Labute approximate surface area is 87.8 Å². The minimum absolute atomic E-state index is 0.484. The van der Waals surface area contributed by atoms with Crippen LogP contribution in [0.5, 0.6) is 0 Å². The van der Waals surface area contributed by atoms with Gasteiger partial charge in [-0.25, -0.2) is 0 Å². The van der Waals surface area contributed by atoms with Crippen molar-refractivity contribution in [3.8, 4) is 0 Å². The molecule has 0 bridgehead atoms. The van der Waals surface area contributed by atoms with E-state index < -0.39 is 0 Å². The van der Waals surface area contributed by atoms with Gasteiger partial charge in [-0.2, -0.15) is 0 Å². The predicted molar refractivity (Wildman–Crippen MR) is 57.6 cm³/mol. The van der Waals surface area contributed by atoms with Crippen LogP contribution in [0.25, 0.3) is 0 Å². The normalized spacial score (nSPS) is 26.3. The quantitative estimate of drug-likeness (QED) is 0.703. The van der Waals surface area contributed by atoms with E-state index in [1.165, 1.54) is 17.5 Å². The second-order valence-corrected chi connectivity index (χ2v) is 6.35. The summed E-state index contributed by atoms with van der Waals surface area (Å²) in [5.74, 6) is 1.23. The van der Waals surface area contributed by atoms with E-state index in [1.807, 2.05) is 11.8 Å². The first-order valence-corrected chi connectivity index (χ1v) is 7.25. The zero-order valence-electron chi connectivity index (χ0n) is 7.14. The Bertz CT molecular complexity index is 333. The summed E-state index contributed by atoms with van der Waals surface area (Å²) in [4.78, 5) is 9.44. The van der Waals surface area contributed by atoms with Gasteiger partial charge in [-0.3, -0.25) is 0 Å². The number of nitrogens with zero attached hydrogens (tertiary/aromatic N) is 2. The third kappa shape index (κ3) is 1.37. The number of rotatable bonds is 1. The number of hydrogen-bond acceptors (Lipinski definition) is 3. The van der Waals surface area contributed by atoms with Crippen LogP contribution in [-0.4, -0.2) is 43.4 Å². The van der Waals surface area contributed by atoms with Crippen LogP contribution in [0, 0.1) is 0 Å². The van der Waals surface area contributed by atoms with Crippen LogP contribution in [0.4, 0.5) is 0 Å². The Morgan fingerprint density at radius 3 is 3.38 bits per heavy atom. The van der Waals surface area contributed by atoms with E-state index in [2.05, 4.69) is 22.0 Å². The molecule has 0 spiro atoms. The van der Waals surface area contributed by atoms with Crippen LogP contribution in [0.2, 0.25) is 0 Å². The molecular weight excluding hydrogens is 247 g/mol. The fourth-order valence-electron chi connectivity index (χ4n) is 1.74. The Hall–Kier alpha value is -0.181. The third-order valence-electron chi connectivity index (χ3n) is 2.39. The molecule has 2 nitrogen and oxygen atoms in total. The van der Waals surface area contributed by atoms with Crippen molar-refractivity contribution in [3.63, 3.8) is 0 Å². The Morgan fingerprint density at radius 2 is 2.62 bits per heavy atom. The molecule has 1 fully saturated rings. The van der Waals surface area contributed by atoms with Gasteiger partial charge in [0.25, 0.3) is 0 Å². The molecule has 0 N–H and O–H groups in total. The summed E-state index contributed by atoms with van der Waals surface area (Å²) in [6.45, 7) is 2.34. The van der Waals surface area contributed by atoms with E-state index in [9.17, 15) is 0 Å². The molecule has 0 aliphatic carbocycles. The molecule has 1 saturated heterocycles. The summed E-state index contributed by atoms with van der Waals surface area (Å²) >= 11 is 2.49. The van der Waals surface area contributed by atoms with Gasteiger partial charge in [0.05, 0.1) is 0 Å². The summed E-state index contributed by atoms with van der Waals surface area (Å²) in [6.07, 6.45) is 0. The second-order valence-electron chi connectivity index (χ2n) is 3.24. The van der Waals surface area contributed by atoms with Crippen LogP contribution in [-0.2, 0) is 0 Å². The van der Waals surface area contributed by atoms with E-state index in [-0.39, 0.29) is 0 Å². The molecule has 1 aromatic heterocycles. The van der Waals surface area contributed by atoms with Crippen LogP contribution >= 0.6 is 11.8 Å². The van der Waals surface area contributed by atoms with Crippen molar-refractivity contribution in [2.75, 3.05) is 18.8 Å². The maximum atomic E-state index is 4.74. The van der Waals surface area contributed by atoms with Crippen LogP contribution in [0.1, 0.15) is 10.5 Å². The van der Waals surface area contributed by atoms with E-state index >= 15 is 0 Å². The third-order valence-corrected chi connectivity index (χ3v) is 5.45. The van der Waals surface area contributed by atoms with Crippen molar-refractivity contribution < 1.29 is 0 Å². The van der Waals surface area contributed by atoms with Crippen molar-refractivity contribution in [3.05, 3.63) is 21.5 Å². The molecule has 2 aliphatic heterocycles. The predicted octanol–water partition coefficient (Wildman–Crippen LogP) is 1.20. The van der Waals surface area contributed by atoms with Crippen molar-refractivity contribution in [2.24, 2.45) is 4.99 Å². The topological polar surface area (TPSA) is 15.6 Å². The minimum atomic E-state index is 0.484. The van der Waals surface area contributed by atoms with Gasteiger partial charge in [-0.15, -0.1) is 0 Å². The molecule has 0 saturated carbocycles. The molecule has 0 amide bonds. The van der Waals surface area contributed by atoms with Crippen molar-refractivity contribution in [1.82, 2.24) is 4.90 Å². The van der Waals surface area contributed by atoms with E-state index in [0.29, 0.717) is 20.5 Å². The van der Waals surface area contributed by atoms with Gasteiger partial charge < -0.3 is 0 Å². The Kier molecular flexibility index (Phi) is 2.00. The zero-order chi connectivity index (χ0) is 8.67. The number of fused-ring (bicyclic) bond motifs is 1. The van der Waals surface area contributed by atoms with Crippen LogP contribution in [0.15, 0.2) is 22.1 Å². The molecule has 2 aliphatic rings. The van der Waals surface area contributed by atoms with Crippen molar-refractivity contribution in [1.29, 1.82) is 0 Å². The molecule has 0 aromatic carbocycles. The van der Waals surface area contributed by atoms with Crippen LogP contribution < -0.4 is 0 Å². The van der Waals surface area contributed by atoms with Gasteiger partial charge in [-0.1, -0.05) is 0 Å². The molecule has 3 rings (SSSR count). The summed E-state index contributed by atoms with van der Waals surface area (Å²) in [5, 5.41) is 1.29. The number of aliphatic imine (C=N–C) groups is 1. The standard InChI is InChI=1S/C9H10N2SSe/c1-2-8(13-5-1)7-6-11-3-4-12-9(11)10-7/h1-2,5,7H,3-4,6H2. The number of amidine groups is 1. The van der Waals surface area contributed by atoms with Gasteiger partial charge >= 0.3 is 87.7 Å². The fraction of sp³-hybridized carbons (Fsp3) is 0.444. The summed E-state index contributed by atoms with van der Waals surface area (Å²) in [5.41, 5.74) is 0. The second kappa shape index (κ2) is 3.19. The van der Waals surface area contributed by atoms with Gasteiger partial charge in [0.1, 0.15) is 0 Å². The van der Waals surface area contributed by atoms with E-state index in [0.717, 1.165) is 6.54 Å². The monoisotopic (exact) mass is 258 g/mol. The molecule has 4 heteroatoms. The van der Waals surface area contributed by atoms with Gasteiger partial charge in [0, 0.05) is 0 Å². The Morgan fingerprint density at radius 1 is 1.62 bits per heavy atom. The maximum absolute atomic E-state index is 4.74. The van der Waals surface area contributed by atoms with Crippen molar-refractivity contribution >= 4 is 31.4 Å². The molecule has 13 heavy (non-hydrogen) atoms. The molecule has 68 valence electrons. The average Bonchev–Trinajstić information content (AvgIpc) is 2.78. The SMILES string of the molecule is c1c[se]c(C2CN3CCSC3=N2)c1. The van der Waals surface area contributed by atoms with Gasteiger partial charge in [-0.05, 0) is 0 Å². The summed E-state index contributed by atoms with van der Waals surface area (Å²) < 4.78 is 1.55. The molecule has 0 radical (unpaired) electrons. The van der Waals surface area contributed by atoms with E-state index in [1.54, 1.807) is 4.44 Å². The molecule has 1 aromatic rings. The average molecular weight is 257 g/mol. The molecule has 1 atom stereocenters.